The van der Waals surface area contributed by atoms with Crippen LogP contribution in [0.15, 0.2) is 42.5 Å². The molecule has 2 aromatic carbocycles. The second-order valence-corrected chi connectivity index (χ2v) is 8.82. The Morgan fingerprint density at radius 1 is 1.12 bits per heavy atom. The van der Waals surface area contributed by atoms with E-state index in [-0.39, 0.29) is 24.1 Å². The molecule has 0 saturated carbocycles. The van der Waals surface area contributed by atoms with Crippen LogP contribution in [0, 0.1) is 11.3 Å². The number of nitrogens with zero attached hydrogens (tertiary/aromatic N) is 1. The SMILES string of the molecule is CC(C)CN1C(=O)C(C)(C)COc2cc(NC(=O)Nc3cccc(C(F)(F)F)c3)ccc21. The van der Waals surface area contributed by atoms with E-state index in [4.69, 9.17) is 4.74 Å². The molecule has 1 aliphatic rings. The maximum Gasteiger partial charge on any atom is 0.416 e. The van der Waals surface area contributed by atoms with Gasteiger partial charge < -0.3 is 20.3 Å². The van der Waals surface area contributed by atoms with Crippen LogP contribution in [0.3, 0.4) is 0 Å². The zero-order valence-electron chi connectivity index (χ0n) is 18.3. The number of fused-ring (bicyclic) bond motifs is 1. The summed E-state index contributed by atoms with van der Waals surface area (Å²) in [5, 5.41) is 4.99. The summed E-state index contributed by atoms with van der Waals surface area (Å²) in [5.41, 5.74) is -0.574. The average Bonchev–Trinajstić information content (AvgIpc) is 2.77. The first kappa shape index (κ1) is 23.4. The number of urea groups is 1. The number of rotatable bonds is 4. The van der Waals surface area contributed by atoms with Crippen molar-refractivity contribution in [3.8, 4) is 5.75 Å². The van der Waals surface area contributed by atoms with Gasteiger partial charge in [0.25, 0.3) is 0 Å². The third-order valence-electron chi connectivity index (χ3n) is 4.92. The molecule has 1 aliphatic heterocycles. The van der Waals surface area contributed by atoms with Gasteiger partial charge in [-0.2, -0.15) is 13.2 Å². The van der Waals surface area contributed by atoms with Gasteiger partial charge in [0, 0.05) is 24.0 Å². The Hall–Kier alpha value is -3.23. The summed E-state index contributed by atoms with van der Waals surface area (Å²) >= 11 is 0. The lowest BCUT2D eigenvalue weighted by Gasteiger charge is -2.29. The highest BCUT2D eigenvalue weighted by molar-refractivity contribution is 6.02. The Balaban J connectivity index is 1.79. The Labute approximate surface area is 184 Å². The molecule has 0 atom stereocenters. The van der Waals surface area contributed by atoms with Crippen molar-refractivity contribution in [2.45, 2.75) is 33.9 Å². The van der Waals surface area contributed by atoms with Crippen molar-refractivity contribution in [1.82, 2.24) is 0 Å². The molecule has 3 rings (SSSR count). The number of nitrogens with one attached hydrogen (secondary N) is 2. The quantitative estimate of drug-likeness (QED) is 0.624. The molecular weight excluding hydrogens is 423 g/mol. The molecule has 0 aromatic heterocycles. The number of anilines is 3. The highest BCUT2D eigenvalue weighted by atomic mass is 19.4. The van der Waals surface area contributed by atoms with Crippen molar-refractivity contribution in [3.05, 3.63) is 48.0 Å². The Morgan fingerprint density at radius 2 is 1.78 bits per heavy atom. The van der Waals surface area contributed by atoms with Crippen molar-refractivity contribution in [2.24, 2.45) is 11.3 Å². The minimum atomic E-state index is -4.50. The Morgan fingerprint density at radius 3 is 2.41 bits per heavy atom. The molecule has 3 amide bonds. The van der Waals surface area contributed by atoms with Crippen LogP contribution in [0.4, 0.5) is 35.0 Å². The summed E-state index contributed by atoms with van der Waals surface area (Å²) in [7, 11) is 0. The van der Waals surface area contributed by atoms with Crippen LogP contribution < -0.4 is 20.3 Å². The number of ether oxygens (including phenoxy) is 1. The molecule has 0 aliphatic carbocycles. The summed E-state index contributed by atoms with van der Waals surface area (Å²) in [6.07, 6.45) is -4.50. The van der Waals surface area contributed by atoms with E-state index >= 15 is 0 Å². The van der Waals surface area contributed by atoms with Crippen molar-refractivity contribution in [3.63, 3.8) is 0 Å². The van der Waals surface area contributed by atoms with Gasteiger partial charge in [0.15, 0.2) is 0 Å². The number of hydrogen-bond donors (Lipinski definition) is 2. The van der Waals surface area contributed by atoms with E-state index < -0.39 is 23.2 Å². The zero-order valence-corrected chi connectivity index (χ0v) is 18.3. The van der Waals surface area contributed by atoms with Gasteiger partial charge in [-0.25, -0.2) is 4.79 Å². The van der Waals surface area contributed by atoms with Gasteiger partial charge in [0.1, 0.15) is 12.4 Å². The maximum atomic E-state index is 13.0. The fourth-order valence-corrected chi connectivity index (χ4v) is 3.34. The fourth-order valence-electron chi connectivity index (χ4n) is 3.34. The molecule has 0 spiro atoms. The van der Waals surface area contributed by atoms with Crippen LogP contribution in [-0.2, 0) is 11.0 Å². The third-order valence-corrected chi connectivity index (χ3v) is 4.92. The van der Waals surface area contributed by atoms with Crippen LogP contribution in [0.25, 0.3) is 0 Å². The van der Waals surface area contributed by atoms with Gasteiger partial charge in [-0.3, -0.25) is 4.79 Å². The number of alkyl halides is 3. The second-order valence-electron chi connectivity index (χ2n) is 8.82. The van der Waals surface area contributed by atoms with E-state index in [1.54, 1.807) is 23.1 Å². The van der Waals surface area contributed by atoms with E-state index in [0.29, 0.717) is 23.7 Å². The summed E-state index contributed by atoms with van der Waals surface area (Å²) < 4.78 is 44.5. The third kappa shape index (κ3) is 5.33. The van der Waals surface area contributed by atoms with Crippen LogP contribution in [0.5, 0.6) is 5.75 Å². The van der Waals surface area contributed by atoms with Gasteiger partial charge in [-0.15, -0.1) is 0 Å². The molecule has 0 radical (unpaired) electrons. The Bertz CT molecular complexity index is 1020. The fraction of sp³-hybridized carbons (Fsp3) is 0.391. The topological polar surface area (TPSA) is 70.7 Å². The van der Waals surface area contributed by atoms with Crippen molar-refractivity contribution in [2.75, 3.05) is 28.7 Å². The first-order chi connectivity index (χ1) is 14.9. The van der Waals surface area contributed by atoms with Crippen LogP contribution in [0.1, 0.15) is 33.3 Å². The summed E-state index contributed by atoms with van der Waals surface area (Å²) in [6.45, 7) is 8.35. The molecular formula is C23H26F3N3O3. The monoisotopic (exact) mass is 449 g/mol. The standard InChI is InChI=1S/C23H26F3N3O3/c1-14(2)12-29-18-9-8-17(11-19(18)32-13-22(3,4)20(29)30)28-21(31)27-16-7-5-6-15(10-16)23(24,25)26/h5-11,14H,12-13H2,1-4H3,(H2,27,28,31). The minimum Gasteiger partial charge on any atom is -0.490 e. The van der Waals surface area contributed by atoms with Crippen LogP contribution in [0.2, 0.25) is 0 Å². The highest BCUT2D eigenvalue weighted by Gasteiger charge is 2.38. The lowest BCUT2D eigenvalue weighted by atomic mass is 9.92. The number of carbonyl (C=O) groups is 2. The first-order valence-electron chi connectivity index (χ1n) is 10.2. The molecule has 1 heterocycles. The van der Waals surface area contributed by atoms with Crippen LogP contribution >= 0.6 is 0 Å². The largest absolute Gasteiger partial charge is 0.490 e. The minimum absolute atomic E-state index is 0.0128. The van der Waals surface area contributed by atoms with Gasteiger partial charge in [0.05, 0.1) is 16.7 Å². The molecule has 172 valence electrons. The molecule has 0 unspecified atom stereocenters. The summed E-state index contributed by atoms with van der Waals surface area (Å²) in [5.74, 6) is 0.631. The predicted molar refractivity (Wildman–Crippen MR) is 117 cm³/mol. The van der Waals surface area contributed by atoms with Gasteiger partial charge in [0.2, 0.25) is 5.91 Å². The Kier molecular flexibility index (Phi) is 6.39. The van der Waals surface area contributed by atoms with E-state index in [1.165, 1.54) is 12.1 Å². The molecule has 2 N–H and O–H groups in total. The van der Waals surface area contributed by atoms with Crippen molar-refractivity contribution in [1.29, 1.82) is 0 Å². The average molecular weight is 449 g/mol. The zero-order chi connectivity index (χ0) is 23.7. The normalized spacial score (nSPS) is 15.6. The number of benzene rings is 2. The number of carbonyl (C=O) groups excluding carboxylic acids is 2. The maximum absolute atomic E-state index is 13.0. The number of hydrogen-bond acceptors (Lipinski definition) is 3. The van der Waals surface area contributed by atoms with E-state index in [0.717, 1.165) is 12.1 Å². The molecule has 9 heteroatoms. The molecule has 32 heavy (non-hydrogen) atoms. The van der Waals surface area contributed by atoms with Gasteiger partial charge >= 0.3 is 12.2 Å². The predicted octanol–water partition coefficient (Wildman–Crippen LogP) is 5.76. The van der Waals surface area contributed by atoms with E-state index in [2.05, 4.69) is 10.6 Å². The molecule has 2 aromatic rings. The summed E-state index contributed by atoms with van der Waals surface area (Å²) in [6, 6.07) is 8.58. The molecule has 0 saturated heterocycles. The van der Waals surface area contributed by atoms with Crippen molar-refractivity contribution >= 4 is 29.0 Å². The second kappa shape index (κ2) is 8.72. The first-order valence-corrected chi connectivity index (χ1v) is 10.2. The van der Waals surface area contributed by atoms with Gasteiger partial charge in [-0.05, 0) is 50.1 Å². The molecule has 0 fully saturated rings. The smallest absolute Gasteiger partial charge is 0.416 e. The number of halogens is 3. The van der Waals surface area contributed by atoms with Crippen molar-refractivity contribution < 1.29 is 27.5 Å². The number of amides is 3. The lowest BCUT2D eigenvalue weighted by molar-refractivity contribution is -0.137. The highest BCUT2D eigenvalue weighted by Crippen LogP contribution is 2.38. The van der Waals surface area contributed by atoms with E-state index in [1.807, 2.05) is 27.7 Å². The lowest BCUT2D eigenvalue weighted by Crippen LogP contribution is -2.43. The van der Waals surface area contributed by atoms with Crippen LogP contribution in [-0.4, -0.2) is 25.1 Å². The molecule has 6 nitrogen and oxygen atoms in total. The molecule has 0 bridgehead atoms. The van der Waals surface area contributed by atoms with Gasteiger partial charge in [-0.1, -0.05) is 19.9 Å². The summed E-state index contributed by atoms with van der Waals surface area (Å²) in [4.78, 5) is 27.0. The van der Waals surface area contributed by atoms with E-state index in [9.17, 15) is 22.8 Å².